The summed E-state index contributed by atoms with van der Waals surface area (Å²) in [6.07, 6.45) is 7.12. The summed E-state index contributed by atoms with van der Waals surface area (Å²) in [6, 6.07) is 4.63. The van der Waals surface area contributed by atoms with Gasteiger partial charge in [-0.2, -0.15) is 0 Å². The van der Waals surface area contributed by atoms with Crippen LogP contribution in [0.25, 0.3) is 0 Å². The van der Waals surface area contributed by atoms with Crippen molar-refractivity contribution in [1.29, 1.82) is 0 Å². The molecule has 1 heterocycles. The van der Waals surface area contributed by atoms with Gasteiger partial charge in [0.2, 0.25) is 0 Å². The minimum atomic E-state index is 0.0772. The molecule has 0 saturated heterocycles. The van der Waals surface area contributed by atoms with Crippen molar-refractivity contribution in [3.8, 4) is 0 Å². The molecule has 0 amide bonds. The van der Waals surface area contributed by atoms with E-state index in [1.165, 1.54) is 30.5 Å². The minimum absolute atomic E-state index is 0.0772. The first-order chi connectivity index (χ1) is 7.81. The van der Waals surface area contributed by atoms with Gasteiger partial charge in [0.1, 0.15) is 0 Å². The van der Waals surface area contributed by atoms with Gasteiger partial charge in [-0.05, 0) is 48.8 Å². The van der Waals surface area contributed by atoms with Gasteiger partial charge in [0, 0.05) is 12.2 Å². The molecule has 2 N–H and O–H groups in total. The lowest BCUT2D eigenvalue weighted by molar-refractivity contribution is 0.696. The molecular formula is C14H19N2. The fourth-order valence-corrected chi connectivity index (χ4v) is 3.09. The molecular weight excluding hydrogens is 196 g/mol. The first-order valence-corrected chi connectivity index (χ1v) is 6.26. The van der Waals surface area contributed by atoms with E-state index in [1.54, 1.807) is 11.1 Å². The van der Waals surface area contributed by atoms with Crippen molar-refractivity contribution in [3.63, 3.8) is 0 Å². The molecule has 2 aliphatic rings. The summed E-state index contributed by atoms with van der Waals surface area (Å²) in [5, 5.41) is 0. The maximum Gasteiger partial charge on any atom is 0.0800 e. The van der Waals surface area contributed by atoms with Crippen molar-refractivity contribution in [2.75, 3.05) is 11.4 Å². The van der Waals surface area contributed by atoms with Crippen molar-refractivity contribution in [1.82, 2.24) is 0 Å². The predicted octanol–water partition coefficient (Wildman–Crippen LogP) is 2.05. The van der Waals surface area contributed by atoms with E-state index < -0.39 is 0 Å². The van der Waals surface area contributed by atoms with Gasteiger partial charge >= 0.3 is 0 Å². The number of nitrogens with zero attached hydrogens (tertiary/aromatic N) is 1. The Labute approximate surface area is 97.4 Å². The van der Waals surface area contributed by atoms with Crippen molar-refractivity contribution in [3.05, 3.63) is 35.2 Å². The molecule has 3 rings (SSSR count). The van der Waals surface area contributed by atoms with Crippen LogP contribution in [0, 0.1) is 6.42 Å². The smallest absolute Gasteiger partial charge is 0.0800 e. The van der Waals surface area contributed by atoms with E-state index in [0.717, 1.165) is 13.0 Å². The zero-order chi connectivity index (χ0) is 11.1. The molecule has 0 aromatic heterocycles. The van der Waals surface area contributed by atoms with Gasteiger partial charge in [0.25, 0.3) is 0 Å². The molecule has 1 aromatic rings. The summed E-state index contributed by atoms with van der Waals surface area (Å²) < 4.78 is 0. The van der Waals surface area contributed by atoms with Gasteiger partial charge in [0.15, 0.2) is 0 Å². The fourth-order valence-electron chi connectivity index (χ4n) is 3.09. The number of hydrogen-bond acceptors (Lipinski definition) is 2. The quantitative estimate of drug-likeness (QED) is 0.818. The van der Waals surface area contributed by atoms with Gasteiger partial charge in [-0.15, -0.1) is 0 Å². The molecule has 1 radical (unpaired) electrons. The Morgan fingerprint density at radius 2 is 2.06 bits per heavy atom. The van der Waals surface area contributed by atoms with E-state index in [1.807, 2.05) is 6.92 Å². The van der Waals surface area contributed by atoms with E-state index >= 15 is 0 Å². The summed E-state index contributed by atoms with van der Waals surface area (Å²) >= 11 is 0. The lowest BCUT2D eigenvalue weighted by atomic mass is 10.0. The van der Waals surface area contributed by atoms with Gasteiger partial charge in [-0.3, -0.25) is 0 Å². The molecule has 2 nitrogen and oxygen atoms in total. The first-order valence-electron chi connectivity index (χ1n) is 6.26. The van der Waals surface area contributed by atoms with Gasteiger partial charge in [-0.1, -0.05) is 19.1 Å². The highest BCUT2D eigenvalue weighted by Crippen LogP contribution is 2.38. The molecule has 2 heteroatoms. The highest BCUT2D eigenvalue weighted by Gasteiger charge is 2.28. The number of anilines is 1. The molecule has 0 fully saturated rings. The third-order valence-electron chi connectivity index (χ3n) is 3.95. The zero-order valence-electron chi connectivity index (χ0n) is 9.87. The Kier molecular flexibility index (Phi) is 2.40. The van der Waals surface area contributed by atoms with E-state index in [0.29, 0.717) is 0 Å². The van der Waals surface area contributed by atoms with Crippen LogP contribution >= 0.6 is 0 Å². The summed E-state index contributed by atoms with van der Waals surface area (Å²) in [6.45, 7) is 3.13. The Morgan fingerprint density at radius 1 is 1.25 bits per heavy atom. The number of aryl methyl sites for hydroxylation is 1. The van der Waals surface area contributed by atoms with E-state index in [9.17, 15) is 0 Å². The van der Waals surface area contributed by atoms with Crippen LogP contribution in [0.4, 0.5) is 5.69 Å². The zero-order valence-corrected chi connectivity index (χ0v) is 9.87. The van der Waals surface area contributed by atoms with Crippen molar-refractivity contribution in [2.24, 2.45) is 5.73 Å². The molecule has 16 heavy (non-hydrogen) atoms. The first kappa shape index (κ1) is 10.2. The van der Waals surface area contributed by atoms with Crippen molar-refractivity contribution in [2.45, 2.75) is 38.8 Å². The van der Waals surface area contributed by atoms with Crippen molar-refractivity contribution >= 4 is 5.69 Å². The topological polar surface area (TPSA) is 29.3 Å². The van der Waals surface area contributed by atoms with E-state index in [2.05, 4.69) is 23.5 Å². The molecule has 0 spiro atoms. The molecule has 85 valence electrons. The van der Waals surface area contributed by atoms with Gasteiger partial charge in [0.05, 0.1) is 6.17 Å². The number of fused-ring (bicyclic) bond motifs is 3. The van der Waals surface area contributed by atoms with Crippen LogP contribution in [0.3, 0.4) is 0 Å². The monoisotopic (exact) mass is 215 g/mol. The van der Waals surface area contributed by atoms with Crippen LogP contribution in [0.2, 0.25) is 0 Å². The summed E-state index contributed by atoms with van der Waals surface area (Å²) in [7, 11) is 0. The van der Waals surface area contributed by atoms with Crippen LogP contribution in [0.1, 0.15) is 30.0 Å². The lowest BCUT2D eigenvalue weighted by Gasteiger charge is -2.27. The third-order valence-corrected chi connectivity index (χ3v) is 3.95. The molecule has 1 aromatic carbocycles. The maximum absolute atomic E-state index is 6.16. The second-order valence-electron chi connectivity index (χ2n) is 4.83. The van der Waals surface area contributed by atoms with Crippen molar-refractivity contribution < 1.29 is 0 Å². The van der Waals surface area contributed by atoms with Crippen LogP contribution < -0.4 is 10.6 Å². The lowest BCUT2D eigenvalue weighted by Crippen LogP contribution is -2.41. The highest BCUT2D eigenvalue weighted by atomic mass is 15.2. The van der Waals surface area contributed by atoms with Crippen LogP contribution in [0.15, 0.2) is 12.1 Å². The standard InChI is InChI=1S/C14H19N2/c1-2-13(15)16-9-8-11-7-6-10-4-3-5-12(10)14(11)16/h2,6-7,13H,3-5,8-9,15H2,1H3. The second kappa shape index (κ2) is 3.77. The number of hydrogen-bond donors (Lipinski definition) is 1. The van der Waals surface area contributed by atoms with E-state index in [4.69, 9.17) is 5.73 Å². The maximum atomic E-state index is 6.16. The van der Waals surface area contributed by atoms with Gasteiger partial charge < -0.3 is 10.6 Å². The highest BCUT2D eigenvalue weighted by molar-refractivity contribution is 5.67. The fraction of sp³-hybridized carbons (Fsp3) is 0.500. The Hall–Kier alpha value is -1.02. The summed E-state index contributed by atoms with van der Waals surface area (Å²) in [4.78, 5) is 2.37. The third kappa shape index (κ3) is 1.36. The second-order valence-corrected chi connectivity index (χ2v) is 4.83. The molecule has 1 unspecified atom stereocenters. The summed E-state index contributed by atoms with van der Waals surface area (Å²) in [5.41, 5.74) is 12.2. The average molecular weight is 215 g/mol. The number of nitrogens with two attached hydrogens (primary N) is 1. The van der Waals surface area contributed by atoms with Crippen LogP contribution in [-0.2, 0) is 19.3 Å². The van der Waals surface area contributed by atoms with Crippen LogP contribution in [0.5, 0.6) is 0 Å². The van der Waals surface area contributed by atoms with Crippen LogP contribution in [-0.4, -0.2) is 12.7 Å². The number of benzene rings is 1. The number of rotatable bonds is 2. The Bertz CT molecular complexity index is 411. The van der Waals surface area contributed by atoms with E-state index in [-0.39, 0.29) is 6.17 Å². The Balaban J connectivity index is 2.07. The molecule has 1 aliphatic carbocycles. The molecule has 0 saturated carbocycles. The predicted molar refractivity (Wildman–Crippen MR) is 67.5 cm³/mol. The average Bonchev–Trinajstić information content (AvgIpc) is 2.92. The Morgan fingerprint density at radius 3 is 2.88 bits per heavy atom. The minimum Gasteiger partial charge on any atom is -0.355 e. The largest absolute Gasteiger partial charge is 0.355 e. The normalized spacial score (nSPS) is 19.8. The molecule has 1 atom stereocenters. The van der Waals surface area contributed by atoms with Gasteiger partial charge in [-0.25, -0.2) is 0 Å². The SMILES string of the molecule is C[CH]C(N)N1CCc2ccc3c(c21)CCC3. The summed E-state index contributed by atoms with van der Waals surface area (Å²) in [5.74, 6) is 0. The molecule has 0 bridgehead atoms. The molecule has 1 aliphatic heterocycles.